The molecule has 5 heteroatoms. The number of hydrogen-bond acceptors (Lipinski definition) is 4. The zero-order valence-electron chi connectivity index (χ0n) is 12.9. The summed E-state index contributed by atoms with van der Waals surface area (Å²) in [7, 11) is 1.88. The van der Waals surface area contributed by atoms with Crippen LogP contribution in [0.5, 0.6) is 0 Å². The van der Waals surface area contributed by atoms with Gasteiger partial charge in [0.1, 0.15) is 0 Å². The van der Waals surface area contributed by atoms with Gasteiger partial charge in [-0.2, -0.15) is 0 Å². The number of thiazole rings is 1. The Morgan fingerprint density at radius 1 is 1.60 bits per heavy atom. The first-order valence-electron chi connectivity index (χ1n) is 7.28. The molecule has 0 bridgehead atoms. The zero-order valence-corrected chi connectivity index (χ0v) is 13.7. The van der Waals surface area contributed by atoms with Crippen molar-refractivity contribution < 1.29 is 4.79 Å². The highest BCUT2D eigenvalue weighted by atomic mass is 32.1. The Bertz CT molecular complexity index is 463. The molecular weight excluding hydrogens is 270 g/mol. The third-order valence-electron chi connectivity index (χ3n) is 4.28. The second kappa shape index (κ2) is 6.22. The molecule has 0 aliphatic carbocycles. The molecule has 4 nitrogen and oxygen atoms in total. The van der Waals surface area contributed by atoms with Crippen LogP contribution in [0.2, 0.25) is 0 Å². The molecule has 112 valence electrons. The molecule has 1 unspecified atom stereocenters. The van der Waals surface area contributed by atoms with Gasteiger partial charge in [-0.15, -0.1) is 11.3 Å². The van der Waals surface area contributed by atoms with Gasteiger partial charge in [0.05, 0.1) is 17.2 Å². The van der Waals surface area contributed by atoms with Gasteiger partial charge in [-0.1, -0.05) is 13.8 Å². The molecule has 0 aromatic carbocycles. The van der Waals surface area contributed by atoms with Crippen LogP contribution < -0.4 is 5.32 Å². The van der Waals surface area contributed by atoms with Crippen molar-refractivity contribution in [3.8, 4) is 0 Å². The summed E-state index contributed by atoms with van der Waals surface area (Å²) in [5.74, 6) is 0.639. The minimum Gasteiger partial charge on any atom is -0.339 e. The standard InChI is InChI=1S/C15H25N3OS/c1-11-17-13(10-20-11)9-18(4)14(19)15(2,3)12-6-5-7-16-8-12/h10,12,16H,5-9H2,1-4H3. The van der Waals surface area contributed by atoms with E-state index in [1.165, 1.54) is 0 Å². The zero-order chi connectivity index (χ0) is 14.8. The van der Waals surface area contributed by atoms with Crippen molar-refractivity contribution in [1.29, 1.82) is 0 Å². The topological polar surface area (TPSA) is 45.2 Å². The lowest BCUT2D eigenvalue weighted by atomic mass is 9.74. The lowest BCUT2D eigenvalue weighted by Crippen LogP contribution is -2.47. The molecule has 2 rings (SSSR count). The Balaban J connectivity index is 2.00. The number of carbonyl (C=O) groups is 1. The van der Waals surface area contributed by atoms with E-state index in [-0.39, 0.29) is 11.3 Å². The fourth-order valence-corrected chi connectivity index (χ4v) is 3.53. The molecule has 0 radical (unpaired) electrons. The van der Waals surface area contributed by atoms with Crippen LogP contribution in [0, 0.1) is 18.3 Å². The van der Waals surface area contributed by atoms with E-state index in [2.05, 4.69) is 24.1 Å². The molecule has 1 amide bonds. The lowest BCUT2D eigenvalue weighted by Gasteiger charge is -2.38. The van der Waals surface area contributed by atoms with Gasteiger partial charge in [-0.25, -0.2) is 4.98 Å². The second-order valence-corrected chi connectivity index (χ2v) is 7.35. The van der Waals surface area contributed by atoms with Crippen LogP contribution in [0.1, 0.15) is 37.4 Å². The molecule has 0 saturated carbocycles. The highest BCUT2D eigenvalue weighted by molar-refractivity contribution is 7.09. The minimum absolute atomic E-state index is 0.219. The maximum absolute atomic E-state index is 12.7. The normalized spacial score (nSPS) is 19.9. The third-order valence-corrected chi connectivity index (χ3v) is 5.10. The van der Waals surface area contributed by atoms with Gasteiger partial charge in [0, 0.05) is 17.8 Å². The van der Waals surface area contributed by atoms with Gasteiger partial charge in [-0.3, -0.25) is 4.79 Å². The van der Waals surface area contributed by atoms with Gasteiger partial charge in [0.25, 0.3) is 0 Å². The monoisotopic (exact) mass is 295 g/mol. The first-order chi connectivity index (χ1) is 9.41. The molecular formula is C15H25N3OS. The molecule has 1 fully saturated rings. The SMILES string of the molecule is Cc1nc(CN(C)C(=O)C(C)(C)C2CCCNC2)cs1. The first-order valence-corrected chi connectivity index (χ1v) is 8.16. The number of piperidine rings is 1. The molecule has 20 heavy (non-hydrogen) atoms. The molecule has 1 saturated heterocycles. The predicted molar refractivity (Wildman–Crippen MR) is 82.7 cm³/mol. The number of amides is 1. The summed E-state index contributed by atoms with van der Waals surface area (Å²) in [6, 6.07) is 0. The molecule has 0 spiro atoms. The van der Waals surface area contributed by atoms with Gasteiger partial charge >= 0.3 is 0 Å². The Labute approximate surface area is 125 Å². The average molecular weight is 295 g/mol. The molecule has 1 N–H and O–H groups in total. The fourth-order valence-electron chi connectivity index (χ4n) is 2.93. The molecule has 2 heterocycles. The van der Waals surface area contributed by atoms with Crippen molar-refractivity contribution in [2.45, 2.75) is 40.2 Å². The van der Waals surface area contributed by atoms with E-state index in [4.69, 9.17) is 0 Å². The van der Waals surface area contributed by atoms with Crippen molar-refractivity contribution in [3.63, 3.8) is 0 Å². The van der Waals surface area contributed by atoms with Gasteiger partial charge in [0.15, 0.2) is 0 Å². The quantitative estimate of drug-likeness (QED) is 0.928. The van der Waals surface area contributed by atoms with E-state index < -0.39 is 0 Å². The first kappa shape index (κ1) is 15.4. The molecule has 1 aromatic heterocycles. The van der Waals surface area contributed by atoms with Crippen molar-refractivity contribution in [2.24, 2.45) is 11.3 Å². The van der Waals surface area contributed by atoms with Crippen LogP contribution in [0.4, 0.5) is 0 Å². The molecule has 1 aromatic rings. The maximum atomic E-state index is 12.7. The number of rotatable bonds is 4. The lowest BCUT2D eigenvalue weighted by molar-refractivity contribution is -0.143. The summed E-state index contributed by atoms with van der Waals surface area (Å²) in [5.41, 5.74) is 0.675. The molecule has 1 aliphatic rings. The summed E-state index contributed by atoms with van der Waals surface area (Å²) in [4.78, 5) is 19.0. The van der Waals surface area contributed by atoms with Crippen molar-refractivity contribution >= 4 is 17.2 Å². The third kappa shape index (κ3) is 3.38. The van der Waals surface area contributed by atoms with Gasteiger partial charge < -0.3 is 10.2 Å². The predicted octanol–water partition coefficient (Wildman–Crippen LogP) is 2.44. The number of aryl methyl sites for hydroxylation is 1. The van der Waals surface area contributed by atoms with Gasteiger partial charge in [0.2, 0.25) is 5.91 Å². The van der Waals surface area contributed by atoms with Crippen LogP contribution in [-0.2, 0) is 11.3 Å². The summed E-state index contributed by atoms with van der Waals surface area (Å²) >= 11 is 1.63. The van der Waals surface area contributed by atoms with Crippen LogP contribution >= 0.6 is 11.3 Å². The molecule has 1 aliphatic heterocycles. The van der Waals surface area contributed by atoms with E-state index in [1.54, 1.807) is 11.3 Å². The smallest absolute Gasteiger partial charge is 0.228 e. The maximum Gasteiger partial charge on any atom is 0.228 e. The Kier molecular flexibility index (Phi) is 4.81. The summed E-state index contributed by atoms with van der Waals surface area (Å²) in [5, 5.41) is 6.49. The number of nitrogens with one attached hydrogen (secondary N) is 1. The van der Waals surface area contributed by atoms with Crippen LogP contribution in [0.15, 0.2) is 5.38 Å². The molecule has 1 atom stereocenters. The van der Waals surface area contributed by atoms with Crippen LogP contribution in [0.25, 0.3) is 0 Å². The minimum atomic E-state index is -0.312. The van der Waals surface area contributed by atoms with Crippen molar-refractivity contribution in [1.82, 2.24) is 15.2 Å². The highest BCUT2D eigenvalue weighted by Gasteiger charge is 2.38. The van der Waals surface area contributed by atoms with E-state index in [0.717, 1.165) is 36.6 Å². The van der Waals surface area contributed by atoms with Crippen LogP contribution in [-0.4, -0.2) is 35.9 Å². The Morgan fingerprint density at radius 2 is 2.35 bits per heavy atom. The highest BCUT2D eigenvalue weighted by Crippen LogP contribution is 2.33. The number of hydrogen-bond donors (Lipinski definition) is 1. The van der Waals surface area contributed by atoms with E-state index in [1.807, 2.05) is 24.3 Å². The summed E-state index contributed by atoms with van der Waals surface area (Å²) in [6.07, 6.45) is 2.30. The number of carbonyl (C=O) groups excluding carboxylic acids is 1. The summed E-state index contributed by atoms with van der Waals surface area (Å²) in [6.45, 7) is 8.78. The number of aromatic nitrogens is 1. The van der Waals surface area contributed by atoms with Crippen molar-refractivity contribution in [2.75, 3.05) is 20.1 Å². The fraction of sp³-hybridized carbons (Fsp3) is 0.733. The largest absolute Gasteiger partial charge is 0.339 e. The van der Waals surface area contributed by atoms with Crippen LogP contribution in [0.3, 0.4) is 0 Å². The Hall–Kier alpha value is -0.940. The Morgan fingerprint density at radius 3 is 2.90 bits per heavy atom. The number of nitrogens with zero attached hydrogens (tertiary/aromatic N) is 2. The van der Waals surface area contributed by atoms with Crippen molar-refractivity contribution in [3.05, 3.63) is 16.1 Å². The average Bonchev–Trinajstić information content (AvgIpc) is 2.84. The van der Waals surface area contributed by atoms with E-state index in [0.29, 0.717) is 12.5 Å². The van der Waals surface area contributed by atoms with E-state index in [9.17, 15) is 4.79 Å². The van der Waals surface area contributed by atoms with E-state index >= 15 is 0 Å². The summed E-state index contributed by atoms with van der Waals surface area (Å²) < 4.78 is 0. The van der Waals surface area contributed by atoms with Gasteiger partial charge in [-0.05, 0) is 38.8 Å². The second-order valence-electron chi connectivity index (χ2n) is 6.28.